The van der Waals surface area contributed by atoms with Crippen molar-refractivity contribution in [3.05, 3.63) is 29.6 Å². The third-order valence-electron chi connectivity index (χ3n) is 1.21. The Kier molecular flexibility index (Phi) is 2.37. The summed E-state index contributed by atoms with van der Waals surface area (Å²) in [5.74, 6) is -0.608. The van der Waals surface area contributed by atoms with E-state index in [1.165, 1.54) is 6.07 Å². The standard InChI is InChI=1S/C7H7N3O2/c8-7(11)6-3-1-2-5(10-6)4-9-12/h1-4,12H,(H2,8,11). The molecule has 1 aromatic rings. The number of carbonyl (C=O) groups is 1. The molecule has 0 atom stereocenters. The summed E-state index contributed by atoms with van der Waals surface area (Å²) in [6.07, 6.45) is 1.12. The fourth-order valence-electron chi connectivity index (χ4n) is 0.720. The van der Waals surface area contributed by atoms with Crippen molar-refractivity contribution >= 4 is 12.1 Å². The number of carbonyl (C=O) groups excluding carboxylic acids is 1. The number of amides is 1. The van der Waals surface area contributed by atoms with Crippen LogP contribution >= 0.6 is 0 Å². The Balaban J connectivity index is 3.03. The second-order valence-corrected chi connectivity index (χ2v) is 2.06. The highest BCUT2D eigenvalue weighted by Crippen LogP contribution is 1.95. The Bertz CT molecular complexity index is 322. The van der Waals surface area contributed by atoms with E-state index >= 15 is 0 Å². The maximum Gasteiger partial charge on any atom is 0.267 e. The first-order valence-electron chi connectivity index (χ1n) is 3.18. The van der Waals surface area contributed by atoms with Crippen LogP contribution in [0.4, 0.5) is 0 Å². The van der Waals surface area contributed by atoms with Crippen LogP contribution in [-0.2, 0) is 0 Å². The molecule has 0 aliphatic rings. The van der Waals surface area contributed by atoms with E-state index in [1.807, 2.05) is 0 Å². The van der Waals surface area contributed by atoms with Crippen molar-refractivity contribution < 1.29 is 10.0 Å². The van der Waals surface area contributed by atoms with Gasteiger partial charge < -0.3 is 10.9 Å². The number of aromatic nitrogens is 1. The number of nitrogens with two attached hydrogens (primary N) is 1. The van der Waals surface area contributed by atoms with Crippen molar-refractivity contribution in [2.75, 3.05) is 0 Å². The molecule has 0 aliphatic carbocycles. The van der Waals surface area contributed by atoms with Crippen LogP contribution in [-0.4, -0.2) is 22.3 Å². The highest BCUT2D eigenvalue weighted by molar-refractivity contribution is 5.91. The van der Waals surface area contributed by atoms with Crippen molar-refractivity contribution in [3.63, 3.8) is 0 Å². The summed E-state index contributed by atoms with van der Waals surface area (Å²) in [6, 6.07) is 4.67. The Hall–Kier alpha value is -1.91. The average Bonchev–Trinajstić information content (AvgIpc) is 2.05. The Labute approximate surface area is 68.5 Å². The van der Waals surface area contributed by atoms with Gasteiger partial charge >= 0.3 is 0 Å². The molecule has 3 N–H and O–H groups in total. The predicted molar refractivity (Wildman–Crippen MR) is 42.1 cm³/mol. The number of rotatable bonds is 2. The van der Waals surface area contributed by atoms with Gasteiger partial charge in [0, 0.05) is 0 Å². The van der Waals surface area contributed by atoms with Gasteiger partial charge in [0.15, 0.2) is 0 Å². The minimum atomic E-state index is -0.608. The first-order valence-corrected chi connectivity index (χ1v) is 3.18. The minimum Gasteiger partial charge on any atom is -0.411 e. The van der Waals surface area contributed by atoms with Gasteiger partial charge in [-0.1, -0.05) is 11.2 Å². The molecule has 0 saturated carbocycles. The smallest absolute Gasteiger partial charge is 0.267 e. The van der Waals surface area contributed by atoms with E-state index in [9.17, 15) is 4.79 Å². The van der Waals surface area contributed by atoms with E-state index in [2.05, 4.69) is 10.1 Å². The number of oxime groups is 1. The zero-order chi connectivity index (χ0) is 8.97. The molecule has 0 aliphatic heterocycles. The number of hydrogen-bond donors (Lipinski definition) is 2. The summed E-state index contributed by atoms with van der Waals surface area (Å²) in [4.78, 5) is 14.4. The molecular formula is C7H7N3O2. The second kappa shape index (κ2) is 3.47. The number of pyridine rings is 1. The summed E-state index contributed by atoms with van der Waals surface area (Å²) < 4.78 is 0. The Morgan fingerprint density at radius 2 is 2.42 bits per heavy atom. The molecule has 1 aromatic heterocycles. The molecule has 0 unspecified atom stereocenters. The summed E-state index contributed by atoms with van der Waals surface area (Å²) in [5, 5.41) is 10.9. The van der Waals surface area contributed by atoms with E-state index in [1.54, 1.807) is 12.1 Å². The topological polar surface area (TPSA) is 88.6 Å². The van der Waals surface area contributed by atoms with Crippen LogP contribution in [0.3, 0.4) is 0 Å². The van der Waals surface area contributed by atoms with Crippen LogP contribution in [0, 0.1) is 0 Å². The van der Waals surface area contributed by atoms with Gasteiger partial charge in [0.1, 0.15) is 5.69 Å². The highest BCUT2D eigenvalue weighted by Gasteiger charge is 2.00. The molecule has 0 aromatic carbocycles. The van der Waals surface area contributed by atoms with Gasteiger partial charge in [0.05, 0.1) is 11.9 Å². The molecule has 1 amide bonds. The molecule has 0 saturated heterocycles. The van der Waals surface area contributed by atoms with Crippen molar-refractivity contribution in [2.45, 2.75) is 0 Å². The lowest BCUT2D eigenvalue weighted by molar-refractivity contribution is 0.0995. The molecule has 0 spiro atoms. The molecular weight excluding hydrogens is 158 g/mol. The van der Waals surface area contributed by atoms with Crippen molar-refractivity contribution in [2.24, 2.45) is 10.9 Å². The van der Waals surface area contributed by atoms with Crippen LogP contribution in [0.2, 0.25) is 0 Å². The zero-order valence-corrected chi connectivity index (χ0v) is 6.14. The molecule has 1 heterocycles. The highest BCUT2D eigenvalue weighted by atomic mass is 16.4. The maximum atomic E-state index is 10.6. The third-order valence-corrected chi connectivity index (χ3v) is 1.21. The fraction of sp³-hybridized carbons (Fsp3) is 0. The van der Waals surface area contributed by atoms with E-state index in [0.29, 0.717) is 5.69 Å². The van der Waals surface area contributed by atoms with Gasteiger partial charge in [-0.2, -0.15) is 0 Å². The normalized spacial score (nSPS) is 10.3. The first-order chi connectivity index (χ1) is 5.74. The van der Waals surface area contributed by atoms with Crippen molar-refractivity contribution in [3.8, 4) is 0 Å². The Morgan fingerprint density at radius 3 is 3.00 bits per heavy atom. The first kappa shape index (κ1) is 8.19. The van der Waals surface area contributed by atoms with E-state index in [0.717, 1.165) is 6.21 Å². The molecule has 62 valence electrons. The third kappa shape index (κ3) is 1.79. The van der Waals surface area contributed by atoms with Gasteiger partial charge in [-0.15, -0.1) is 0 Å². The van der Waals surface area contributed by atoms with Crippen LogP contribution in [0.5, 0.6) is 0 Å². The lowest BCUT2D eigenvalue weighted by Gasteiger charge is -1.94. The average molecular weight is 165 g/mol. The van der Waals surface area contributed by atoms with Crippen LogP contribution in [0.1, 0.15) is 16.2 Å². The summed E-state index contributed by atoms with van der Waals surface area (Å²) in [6.45, 7) is 0. The fourth-order valence-corrected chi connectivity index (χ4v) is 0.720. The van der Waals surface area contributed by atoms with Crippen molar-refractivity contribution in [1.82, 2.24) is 4.98 Å². The predicted octanol–water partition coefficient (Wildman–Crippen LogP) is -0.0114. The van der Waals surface area contributed by atoms with Crippen LogP contribution in [0.15, 0.2) is 23.4 Å². The van der Waals surface area contributed by atoms with Crippen molar-refractivity contribution in [1.29, 1.82) is 0 Å². The zero-order valence-electron chi connectivity index (χ0n) is 6.14. The van der Waals surface area contributed by atoms with Gasteiger partial charge in [0.25, 0.3) is 5.91 Å². The van der Waals surface area contributed by atoms with Gasteiger partial charge in [-0.05, 0) is 12.1 Å². The largest absolute Gasteiger partial charge is 0.411 e. The van der Waals surface area contributed by atoms with Crippen LogP contribution < -0.4 is 5.73 Å². The van der Waals surface area contributed by atoms with Gasteiger partial charge in [0.2, 0.25) is 0 Å². The molecule has 0 bridgehead atoms. The number of hydrogen-bond acceptors (Lipinski definition) is 4. The minimum absolute atomic E-state index is 0.146. The van der Waals surface area contributed by atoms with E-state index < -0.39 is 5.91 Å². The lowest BCUT2D eigenvalue weighted by atomic mass is 10.3. The molecule has 0 fully saturated rings. The lowest BCUT2D eigenvalue weighted by Crippen LogP contribution is -2.13. The molecule has 0 radical (unpaired) electrons. The van der Waals surface area contributed by atoms with Gasteiger partial charge in [-0.3, -0.25) is 4.79 Å². The number of primary amides is 1. The van der Waals surface area contributed by atoms with Gasteiger partial charge in [-0.25, -0.2) is 4.98 Å². The van der Waals surface area contributed by atoms with Crippen LogP contribution in [0.25, 0.3) is 0 Å². The maximum absolute atomic E-state index is 10.6. The summed E-state index contributed by atoms with van der Waals surface area (Å²) in [5.41, 5.74) is 5.50. The Morgan fingerprint density at radius 1 is 1.67 bits per heavy atom. The monoisotopic (exact) mass is 165 g/mol. The quantitative estimate of drug-likeness (QED) is 0.367. The second-order valence-electron chi connectivity index (χ2n) is 2.06. The van der Waals surface area contributed by atoms with E-state index in [4.69, 9.17) is 10.9 Å². The molecule has 12 heavy (non-hydrogen) atoms. The molecule has 5 heteroatoms. The SMILES string of the molecule is NC(=O)c1cccc(C=NO)n1. The number of nitrogens with zero attached hydrogens (tertiary/aromatic N) is 2. The van der Waals surface area contributed by atoms with E-state index in [-0.39, 0.29) is 5.69 Å². The summed E-state index contributed by atoms with van der Waals surface area (Å²) >= 11 is 0. The molecule has 5 nitrogen and oxygen atoms in total. The summed E-state index contributed by atoms with van der Waals surface area (Å²) in [7, 11) is 0. The molecule has 1 rings (SSSR count).